The van der Waals surface area contributed by atoms with Crippen LogP contribution in [0.15, 0.2) is 48.5 Å². The summed E-state index contributed by atoms with van der Waals surface area (Å²) in [7, 11) is 0. The zero-order chi connectivity index (χ0) is 17.6. The van der Waals surface area contributed by atoms with Gasteiger partial charge in [-0.2, -0.15) is 0 Å². The first-order valence-corrected chi connectivity index (χ1v) is 8.39. The summed E-state index contributed by atoms with van der Waals surface area (Å²) in [4.78, 5) is 0. The Labute approximate surface area is 147 Å². The molecule has 0 aromatic heterocycles. The summed E-state index contributed by atoms with van der Waals surface area (Å²) in [5, 5.41) is 33.2. The highest BCUT2D eigenvalue weighted by Gasteiger charge is 2.69. The van der Waals surface area contributed by atoms with E-state index < -0.39 is 24.1 Å². The van der Waals surface area contributed by atoms with Gasteiger partial charge in [-0.15, -0.1) is 0 Å². The first-order valence-electron chi connectivity index (χ1n) is 8.39. The van der Waals surface area contributed by atoms with Crippen molar-refractivity contribution in [3.8, 4) is 23.0 Å². The SMILES string of the molecule is Oc1ccc([18OH])c2c1[C@@H](O)[C@H]1[18O][C@H]1C21Oc2cccc3cccc(c23)O1. The third-order valence-electron chi connectivity index (χ3n) is 5.41. The highest BCUT2D eigenvalue weighted by Crippen LogP contribution is 2.60. The van der Waals surface area contributed by atoms with Crippen molar-refractivity contribution in [2.24, 2.45) is 0 Å². The summed E-state index contributed by atoms with van der Waals surface area (Å²) >= 11 is 0. The van der Waals surface area contributed by atoms with E-state index in [0.29, 0.717) is 11.5 Å². The van der Waals surface area contributed by atoms with Gasteiger partial charge in [0.05, 0.1) is 10.9 Å². The van der Waals surface area contributed by atoms with E-state index in [4.69, 9.17) is 14.2 Å². The van der Waals surface area contributed by atoms with Crippen LogP contribution in [0.2, 0.25) is 0 Å². The summed E-state index contributed by atoms with van der Waals surface area (Å²) in [6.45, 7) is 0. The van der Waals surface area contributed by atoms with Gasteiger partial charge in [-0.3, -0.25) is 0 Å². The molecule has 6 heteroatoms. The summed E-state index contributed by atoms with van der Waals surface area (Å²) in [6, 6.07) is 14.1. The van der Waals surface area contributed by atoms with E-state index in [-0.39, 0.29) is 22.6 Å². The molecule has 1 aliphatic carbocycles. The van der Waals surface area contributed by atoms with Crippen LogP contribution in [0.5, 0.6) is 23.0 Å². The van der Waals surface area contributed by atoms with Crippen molar-refractivity contribution in [1.82, 2.24) is 0 Å². The Bertz CT molecular complexity index is 1050. The van der Waals surface area contributed by atoms with Crippen molar-refractivity contribution in [3.05, 3.63) is 59.7 Å². The molecule has 0 unspecified atom stereocenters. The molecule has 6 rings (SSSR count). The normalized spacial score (nSPS) is 26.6. The fraction of sp³-hybridized carbons (Fsp3) is 0.200. The molecule has 3 aliphatic rings. The van der Waals surface area contributed by atoms with Crippen LogP contribution in [-0.2, 0) is 10.5 Å². The molecule has 0 radical (unpaired) electrons. The number of benzene rings is 3. The molecule has 6 nitrogen and oxygen atoms in total. The second kappa shape index (κ2) is 4.41. The maximum absolute atomic E-state index is 10.6. The number of aromatic hydroxyl groups is 2. The molecule has 2 aliphatic heterocycles. The van der Waals surface area contributed by atoms with E-state index in [1.807, 2.05) is 36.4 Å². The van der Waals surface area contributed by atoms with Crippen LogP contribution < -0.4 is 9.47 Å². The molecule has 1 spiro atoms. The number of epoxide rings is 1. The molecule has 130 valence electrons. The summed E-state index contributed by atoms with van der Waals surface area (Å²) < 4.78 is 18.2. The predicted molar refractivity (Wildman–Crippen MR) is 90.3 cm³/mol. The Hall–Kier alpha value is -2.96. The van der Waals surface area contributed by atoms with Crippen LogP contribution in [-0.4, -0.2) is 27.5 Å². The molecule has 3 atom stereocenters. The van der Waals surface area contributed by atoms with Crippen molar-refractivity contribution >= 4 is 10.8 Å². The lowest BCUT2D eigenvalue weighted by molar-refractivity contribution is -0.149. The summed E-state index contributed by atoms with van der Waals surface area (Å²) in [5.41, 5.74) is 0.380. The number of rotatable bonds is 0. The minimum Gasteiger partial charge on any atom is -0.508 e. The van der Waals surface area contributed by atoms with Gasteiger partial charge >= 0.3 is 5.79 Å². The topological polar surface area (TPSA) is 91.7 Å². The molecule has 2 heterocycles. The molecule has 0 saturated carbocycles. The molecular formula is C20H14O6. The minimum absolute atomic E-state index is 0.127. The van der Waals surface area contributed by atoms with Gasteiger partial charge in [0.25, 0.3) is 0 Å². The average molecular weight is 354 g/mol. The number of aliphatic hydroxyl groups is 1. The van der Waals surface area contributed by atoms with E-state index in [1.165, 1.54) is 12.1 Å². The van der Waals surface area contributed by atoms with Gasteiger partial charge in [0, 0.05) is 5.56 Å². The van der Waals surface area contributed by atoms with Gasteiger partial charge in [0.15, 0.2) is 6.10 Å². The van der Waals surface area contributed by atoms with Crippen LogP contribution >= 0.6 is 0 Å². The van der Waals surface area contributed by atoms with Crippen molar-refractivity contribution in [1.29, 1.82) is 0 Å². The zero-order valence-electron chi connectivity index (χ0n) is 13.4. The molecule has 1 saturated heterocycles. The third-order valence-corrected chi connectivity index (χ3v) is 5.41. The van der Waals surface area contributed by atoms with Gasteiger partial charge < -0.3 is 29.5 Å². The minimum atomic E-state index is -1.47. The van der Waals surface area contributed by atoms with Crippen molar-refractivity contribution in [3.63, 3.8) is 0 Å². The van der Waals surface area contributed by atoms with Crippen molar-refractivity contribution < 1.29 is 29.5 Å². The van der Waals surface area contributed by atoms with E-state index in [1.54, 1.807) is 0 Å². The summed E-state index contributed by atoms with van der Waals surface area (Å²) in [5.74, 6) is -0.530. The molecule has 0 bridgehead atoms. The maximum atomic E-state index is 10.6. The average Bonchev–Trinajstić information content (AvgIpc) is 3.44. The van der Waals surface area contributed by atoms with Crippen LogP contribution in [0.1, 0.15) is 17.2 Å². The number of aliphatic hydroxyl groups excluding tert-OH is 1. The van der Waals surface area contributed by atoms with E-state index in [2.05, 4.69) is 0 Å². The van der Waals surface area contributed by atoms with Gasteiger partial charge in [0.2, 0.25) is 0 Å². The van der Waals surface area contributed by atoms with Crippen LogP contribution in [0.3, 0.4) is 0 Å². The number of fused-ring (bicyclic) bond motifs is 4. The highest BCUT2D eigenvalue weighted by atomic mass is 18.4. The van der Waals surface area contributed by atoms with Gasteiger partial charge in [0.1, 0.15) is 35.2 Å². The molecule has 3 aromatic carbocycles. The maximum Gasteiger partial charge on any atom is 0.311 e. The summed E-state index contributed by atoms with van der Waals surface area (Å²) in [6.07, 6.45) is -2.23. The fourth-order valence-electron chi connectivity index (χ4n) is 4.25. The first kappa shape index (κ1) is 14.2. The zero-order valence-corrected chi connectivity index (χ0v) is 13.4. The Morgan fingerprint density at radius 1 is 1.00 bits per heavy atom. The largest absolute Gasteiger partial charge is 0.508 e. The number of hydrogen-bond donors (Lipinski definition) is 3. The molecule has 1 fully saturated rings. The number of ether oxygens (including phenoxy) is 3. The molecule has 3 aromatic rings. The van der Waals surface area contributed by atoms with Crippen LogP contribution in [0.4, 0.5) is 0 Å². The fourth-order valence-corrected chi connectivity index (χ4v) is 4.25. The molecule has 0 amide bonds. The molecule has 26 heavy (non-hydrogen) atoms. The predicted octanol–water partition coefficient (Wildman–Crippen LogP) is 2.69. The lowest BCUT2D eigenvalue weighted by Gasteiger charge is -2.41. The molecular weight excluding hydrogens is 340 g/mol. The van der Waals surface area contributed by atoms with E-state index >= 15 is 0 Å². The second-order valence-corrected chi connectivity index (χ2v) is 6.84. The highest BCUT2D eigenvalue weighted by molar-refractivity contribution is 5.94. The van der Waals surface area contributed by atoms with Crippen molar-refractivity contribution in [2.75, 3.05) is 0 Å². The third kappa shape index (κ3) is 1.54. The van der Waals surface area contributed by atoms with Crippen LogP contribution in [0.25, 0.3) is 10.8 Å². The Morgan fingerprint density at radius 3 is 2.38 bits per heavy atom. The monoisotopic (exact) mass is 354 g/mol. The van der Waals surface area contributed by atoms with E-state index in [9.17, 15) is 15.3 Å². The van der Waals surface area contributed by atoms with Gasteiger partial charge in [-0.1, -0.05) is 24.3 Å². The number of phenolic OH excluding ortho intramolecular Hbond substituents is 2. The number of phenols is 2. The van der Waals surface area contributed by atoms with E-state index in [0.717, 1.165) is 10.8 Å². The lowest BCUT2D eigenvalue weighted by atomic mass is 9.83. The smallest absolute Gasteiger partial charge is 0.311 e. The van der Waals surface area contributed by atoms with Crippen LogP contribution in [0, 0.1) is 0 Å². The lowest BCUT2D eigenvalue weighted by Crippen LogP contribution is -2.50. The van der Waals surface area contributed by atoms with Gasteiger partial charge in [-0.05, 0) is 29.7 Å². The Kier molecular flexibility index (Phi) is 2.41. The standard InChI is InChI=1S/C20H14O6/c21-10-7-8-11(22)16-15(10)17(23)18-19(24-18)20(16)25-12-5-1-3-9-4-2-6-13(26-20)14(9)12/h1-8,17-19,21-23H/t17-,18-,19-/m1/s1/i22+2,24+2. The Morgan fingerprint density at radius 2 is 1.69 bits per heavy atom. The van der Waals surface area contributed by atoms with Crippen molar-refractivity contribution in [2.45, 2.75) is 24.1 Å². The second-order valence-electron chi connectivity index (χ2n) is 6.84. The molecule has 3 N–H and O–H groups in total. The quantitative estimate of drug-likeness (QED) is 0.327. The first-order chi connectivity index (χ1) is 12.6. The Balaban J connectivity index is 1.66. The number of hydrogen-bond acceptors (Lipinski definition) is 6. The van der Waals surface area contributed by atoms with Gasteiger partial charge in [-0.25, -0.2) is 0 Å².